The first-order valence-corrected chi connectivity index (χ1v) is 7.42. The highest BCUT2D eigenvalue weighted by Crippen LogP contribution is 2.22. The van der Waals surface area contributed by atoms with E-state index < -0.39 is 0 Å². The zero-order chi connectivity index (χ0) is 13.1. The zero-order valence-corrected chi connectivity index (χ0v) is 11.4. The van der Waals surface area contributed by atoms with Gasteiger partial charge in [0.1, 0.15) is 0 Å². The summed E-state index contributed by atoms with van der Waals surface area (Å²) in [6.07, 6.45) is 6.00. The molecule has 1 aromatic carbocycles. The molecule has 3 nitrogen and oxygen atoms in total. The zero-order valence-electron chi connectivity index (χ0n) is 11.4. The van der Waals surface area contributed by atoms with E-state index in [1.165, 1.54) is 42.4 Å². The second-order valence-corrected chi connectivity index (χ2v) is 5.72. The van der Waals surface area contributed by atoms with Crippen LogP contribution in [0.25, 0.3) is 0 Å². The summed E-state index contributed by atoms with van der Waals surface area (Å²) in [4.78, 5) is 12.0. The molecule has 3 heteroatoms. The number of nitrogens with one attached hydrogen (secondary N) is 2. The molecule has 1 unspecified atom stereocenters. The molecule has 1 aromatic rings. The molecule has 2 aliphatic rings. The summed E-state index contributed by atoms with van der Waals surface area (Å²) in [7, 11) is 0. The van der Waals surface area contributed by atoms with Crippen LogP contribution < -0.4 is 10.6 Å². The number of carbonyl (C=O) groups excluding carboxylic acids is 1. The second-order valence-electron chi connectivity index (χ2n) is 5.72. The fraction of sp³-hybridized carbons (Fsp3) is 0.562. The van der Waals surface area contributed by atoms with Gasteiger partial charge in [0, 0.05) is 13.1 Å². The molecule has 19 heavy (non-hydrogen) atoms. The summed E-state index contributed by atoms with van der Waals surface area (Å²) >= 11 is 0. The number of fused-ring (bicyclic) bond motifs is 1. The predicted molar refractivity (Wildman–Crippen MR) is 75.9 cm³/mol. The van der Waals surface area contributed by atoms with Crippen LogP contribution in [0.2, 0.25) is 0 Å². The first kappa shape index (κ1) is 12.7. The lowest BCUT2D eigenvalue weighted by molar-refractivity contribution is -0.124. The van der Waals surface area contributed by atoms with Crippen molar-refractivity contribution in [1.29, 1.82) is 0 Å². The third-order valence-electron chi connectivity index (χ3n) is 4.31. The lowest BCUT2D eigenvalue weighted by Gasteiger charge is -2.17. The van der Waals surface area contributed by atoms with Crippen molar-refractivity contribution in [2.24, 2.45) is 5.92 Å². The number of aryl methyl sites for hydroxylation is 2. The maximum atomic E-state index is 12.0. The SMILES string of the molecule is O=C(NCc1ccc2c(c1)CCCC2)C1CCNC1. The molecule has 1 saturated heterocycles. The van der Waals surface area contributed by atoms with Crippen molar-refractivity contribution >= 4 is 5.91 Å². The van der Waals surface area contributed by atoms with Crippen molar-refractivity contribution < 1.29 is 4.79 Å². The van der Waals surface area contributed by atoms with Gasteiger partial charge >= 0.3 is 0 Å². The number of hydrogen-bond acceptors (Lipinski definition) is 2. The van der Waals surface area contributed by atoms with E-state index in [9.17, 15) is 4.79 Å². The van der Waals surface area contributed by atoms with E-state index >= 15 is 0 Å². The Balaban J connectivity index is 1.59. The van der Waals surface area contributed by atoms with Gasteiger partial charge in [-0.25, -0.2) is 0 Å². The first-order valence-electron chi connectivity index (χ1n) is 7.42. The van der Waals surface area contributed by atoms with Crippen molar-refractivity contribution in [2.45, 2.75) is 38.6 Å². The second kappa shape index (κ2) is 5.74. The minimum atomic E-state index is 0.164. The number of rotatable bonds is 3. The van der Waals surface area contributed by atoms with E-state index in [4.69, 9.17) is 0 Å². The van der Waals surface area contributed by atoms with E-state index in [0.717, 1.165) is 19.5 Å². The lowest BCUT2D eigenvalue weighted by atomic mass is 9.90. The van der Waals surface area contributed by atoms with Gasteiger partial charge in [-0.2, -0.15) is 0 Å². The van der Waals surface area contributed by atoms with Gasteiger partial charge < -0.3 is 10.6 Å². The molecule has 1 aliphatic carbocycles. The summed E-state index contributed by atoms with van der Waals surface area (Å²) < 4.78 is 0. The maximum Gasteiger partial charge on any atom is 0.224 e. The smallest absolute Gasteiger partial charge is 0.224 e. The van der Waals surface area contributed by atoms with Gasteiger partial charge in [0.2, 0.25) is 5.91 Å². The molecule has 2 N–H and O–H groups in total. The van der Waals surface area contributed by atoms with Gasteiger partial charge in [-0.05, 0) is 55.3 Å². The molecule has 0 bridgehead atoms. The molecule has 0 aromatic heterocycles. The Hall–Kier alpha value is -1.35. The van der Waals surface area contributed by atoms with Gasteiger partial charge in [0.15, 0.2) is 0 Å². The van der Waals surface area contributed by atoms with Gasteiger partial charge in [0.25, 0.3) is 0 Å². The van der Waals surface area contributed by atoms with Gasteiger partial charge in [-0.1, -0.05) is 18.2 Å². The normalized spacial score (nSPS) is 22.0. The van der Waals surface area contributed by atoms with Gasteiger partial charge in [-0.3, -0.25) is 4.79 Å². The predicted octanol–water partition coefficient (Wildman–Crippen LogP) is 1.79. The van der Waals surface area contributed by atoms with Crippen LogP contribution in [-0.2, 0) is 24.2 Å². The first-order chi connectivity index (χ1) is 9.33. The molecule has 102 valence electrons. The molecule has 0 spiro atoms. The number of hydrogen-bond donors (Lipinski definition) is 2. The summed E-state index contributed by atoms with van der Waals surface area (Å²) in [5.41, 5.74) is 4.22. The summed E-state index contributed by atoms with van der Waals surface area (Å²) in [5, 5.41) is 6.30. The Kier molecular flexibility index (Phi) is 3.83. The van der Waals surface area contributed by atoms with Crippen LogP contribution in [0, 0.1) is 5.92 Å². The van der Waals surface area contributed by atoms with Crippen molar-refractivity contribution in [2.75, 3.05) is 13.1 Å². The Morgan fingerprint density at radius 1 is 1.26 bits per heavy atom. The Bertz CT molecular complexity index is 464. The summed E-state index contributed by atoms with van der Waals surface area (Å²) in [6, 6.07) is 6.69. The standard InChI is InChI=1S/C16H22N2O/c19-16(15-7-8-17-11-15)18-10-12-5-6-13-3-1-2-4-14(13)9-12/h5-6,9,15,17H,1-4,7-8,10-11H2,(H,18,19). The van der Waals surface area contributed by atoms with Crippen LogP contribution in [0.3, 0.4) is 0 Å². The van der Waals surface area contributed by atoms with Crippen molar-refractivity contribution in [3.8, 4) is 0 Å². The fourth-order valence-electron chi connectivity index (χ4n) is 3.11. The van der Waals surface area contributed by atoms with Crippen LogP contribution >= 0.6 is 0 Å². The Morgan fingerprint density at radius 3 is 2.89 bits per heavy atom. The van der Waals surface area contributed by atoms with Crippen LogP contribution in [0.15, 0.2) is 18.2 Å². The number of benzene rings is 1. The Morgan fingerprint density at radius 2 is 2.11 bits per heavy atom. The van der Waals surface area contributed by atoms with Crippen LogP contribution in [0.4, 0.5) is 0 Å². The van der Waals surface area contributed by atoms with E-state index in [-0.39, 0.29) is 11.8 Å². The summed E-state index contributed by atoms with van der Waals surface area (Å²) in [5.74, 6) is 0.361. The highest BCUT2D eigenvalue weighted by atomic mass is 16.1. The molecule has 3 rings (SSSR count). The van der Waals surface area contributed by atoms with Crippen molar-refractivity contribution in [1.82, 2.24) is 10.6 Å². The highest BCUT2D eigenvalue weighted by molar-refractivity contribution is 5.79. The van der Waals surface area contributed by atoms with Crippen LogP contribution in [0.1, 0.15) is 36.0 Å². The molecular formula is C16H22N2O. The Labute approximate surface area is 114 Å². The average Bonchev–Trinajstić information content (AvgIpc) is 2.99. The average molecular weight is 258 g/mol. The molecule has 1 atom stereocenters. The third-order valence-corrected chi connectivity index (χ3v) is 4.31. The number of carbonyl (C=O) groups is 1. The molecular weight excluding hydrogens is 236 g/mol. The third kappa shape index (κ3) is 2.98. The lowest BCUT2D eigenvalue weighted by Crippen LogP contribution is -2.31. The van der Waals surface area contributed by atoms with Crippen molar-refractivity contribution in [3.05, 3.63) is 34.9 Å². The van der Waals surface area contributed by atoms with Crippen molar-refractivity contribution in [3.63, 3.8) is 0 Å². The molecule has 1 amide bonds. The van der Waals surface area contributed by atoms with Crippen LogP contribution in [-0.4, -0.2) is 19.0 Å². The van der Waals surface area contributed by atoms with E-state index in [2.05, 4.69) is 28.8 Å². The van der Waals surface area contributed by atoms with Gasteiger partial charge in [-0.15, -0.1) is 0 Å². The molecule has 1 aliphatic heterocycles. The monoisotopic (exact) mass is 258 g/mol. The molecule has 0 saturated carbocycles. The van der Waals surface area contributed by atoms with E-state index in [1.807, 2.05) is 0 Å². The quantitative estimate of drug-likeness (QED) is 0.868. The largest absolute Gasteiger partial charge is 0.352 e. The van der Waals surface area contributed by atoms with E-state index in [1.54, 1.807) is 0 Å². The summed E-state index contributed by atoms with van der Waals surface area (Å²) in [6.45, 7) is 2.47. The molecule has 0 radical (unpaired) electrons. The van der Waals surface area contributed by atoms with E-state index in [0.29, 0.717) is 6.54 Å². The maximum absolute atomic E-state index is 12.0. The molecule has 1 heterocycles. The fourth-order valence-corrected chi connectivity index (χ4v) is 3.11. The topological polar surface area (TPSA) is 41.1 Å². The van der Waals surface area contributed by atoms with Crippen LogP contribution in [0.5, 0.6) is 0 Å². The van der Waals surface area contributed by atoms with Gasteiger partial charge in [0.05, 0.1) is 5.92 Å². The number of amides is 1. The molecule has 1 fully saturated rings. The highest BCUT2D eigenvalue weighted by Gasteiger charge is 2.21. The minimum absolute atomic E-state index is 0.164. The minimum Gasteiger partial charge on any atom is -0.352 e.